The van der Waals surface area contributed by atoms with Crippen LogP contribution >= 0.6 is 11.6 Å². The molecule has 0 unspecified atom stereocenters. The van der Waals surface area contributed by atoms with Gasteiger partial charge in [-0.2, -0.15) is 0 Å². The fourth-order valence-electron chi connectivity index (χ4n) is 1.18. The molecular formula is C9H4ClFO3. The molecule has 0 aliphatic carbocycles. The van der Waals surface area contributed by atoms with Crippen molar-refractivity contribution < 1.29 is 18.7 Å². The van der Waals surface area contributed by atoms with E-state index in [1.54, 1.807) is 0 Å². The summed E-state index contributed by atoms with van der Waals surface area (Å²) in [5, 5.41) is 9.02. The average Bonchev–Trinajstić information content (AvgIpc) is 2.47. The van der Waals surface area contributed by atoms with Gasteiger partial charge in [0.25, 0.3) is 0 Å². The smallest absolute Gasteiger partial charge is 0.371 e. The van der Waals surface area contributed by atoms with E-state index in [4.69, 9.17) is 21.1 Å². The summed E-state index contributed by atoms with van der Waals surface area (Å²) in [4.78, 5) is 10.5. The Hall–Kier alpha value is -1.55. The molecule has 0 aliphatic rings. The first-order chi connectivity index (χ1) is 6.58. The minimum absolute atomic E-state index is 0.0625. The summed E-state index contributed by atoms with van der Waals surface area (Å²) in [6.07, 6.45) is 0. The van der Waals surface area contributed by atoms with Gasteiger partial charge in [-0.1, -0.05) is 11.6 Å². The minimum Gasteiger partial charge on any atom is -0.475 e. The first kappa shape index (κ1) is 9.02. The average molecular weight is 215 g/mol. The maximum Gasteiger partial charge on any atom is 0.371 e. The Kier molecular flexibility index (Phi) is 1.93. The van der Waals surface area contributed by atoms with E-state index in [1.807, 2.05) is 0 Å². The lowest BCUT2D eigenvalue weighted by Crippen LogP contribution is -1.91. The van der Waals surface area contributed by atoms with Crippen molar-refractivity contribution >= 4 is 28.5 Å². The fraction of sp³-hybridized carbons (Fsp3) is 0. The van der Waals surface area contributed by atoms with Crippen molar-refractivity contribution in [3.05, 3.63) is 34.8 Å². The van der Waals surface area contributed by atoms with Gasteiger partial charge in [-0.25, -0.2) is 9.18 Å². The Morgan fingerprint density at radius 2 is 2.14 bits per heavy atom. The zero-order valence-corrected chi connectivity index (χ0v) is 7.51. The van der Waals surface area contributed by atoms with Crippen molar-refractivity contribution in [3.8, 4) is 0 Å². The number of carboxylic acid groups (broad SMARTS) is 1. The van der Waals surface area contributed by atoms with Crippen molar-refractivity contribution in [2.75, 3.05) is 0 Å². The number of benzene rings is 1. The van der Waals surface area contributed by atoms with Crippen LogP contribution in [0.5, 0.6) is 0 Å². The second kappa shape index (κ2) is 2.99. The molecule has 0 saturated heterocycles. The number of hydrogen-bond acceptors (Lipinski definition) is 2. The molecule has 0 amide bonds. The summed E-state index contributed by atoms with van der Waals surface area (Å²) in [6.45, 7) is 0. The predicted octanol–water partition coefficient (Wildman–Crippen LogP) is 2.92. The van der Waals surface area contributed by atoms with Gasteiger partial charge in [0, 0.05) is 5.39 Å². The molecule has 1 aromatic heterocycles. The van der Waals surface area contributed by atoms with Crippen LogP contribution in [0.4, 0.5) is 4.39 Å². The van der Waals surface area contributed by atoms with Gasteiger partial charge >= 0.3 is 5.97 Å². The maximum absolute atomic E-state index is 12.8. The summed E-state index contributed by atoms with van der Waals surface area (Å²) in [5.41, 5.74) is 0.186. The van der Waals surface area contributed by atoms with Gasteiger partial charge in [-0.05, 0) is 18.2 Å². The Morgan fingerprint density at radius 3 is 2.79 bits per heavy atom. The molecule has 0 saturated carbocycles. The highest BCUT2D eigenvalue weighted by Gasteiger charge is 2.13. The number of hydrogen-bond donors (Lipinski definition) is 1. The van der Waals surface area contributed by atoms with Crippen LogP contribution in [0.25, 0.3) is 11.0 Å². The normalized spacial score (nSPS) is 10.7. The van der Waals surface area contributed by atoms with E-state index >= 15 is 0 Å². The van der Waals surface area contributed by atoms with E-state index in [0.29, 0.717) is 5.39 Å². The Morgan fingerprint density at radius 1 is 1.43 bits per heavy atom. The minimum atomic E-state index is -1.21. The van der Waals surface area contributed by atoms with Crippen molar-refractivity contribution in [1.29, 1.82) is 0 Å². The summed E-state index contributed by atoms with van der Waals surface area (Å²) in [6, 6.07) is 3.46. The summed E-state index contributed by atoms with van der Waals surface area (Å²) in [7, 11) is 0. The van der Waals surface area contributed by atoms with E-state index in [2.05, 4.69) is 0 Å². The molecule has 0 atom stereocenters. The van der Waals surface area contributed by atoms with Crippen LogP contribution in [0.3, 0.4) is 0 Å². The van der Waals surface area contributed by atoms with Crippen LogP contribution in [-0.4, -0.2) is 11.1 Å². The van der Waals surface area contributed by atoms with Crippen LogP contribution in [0.15, 0.2) is 22.6 Å². The zero-order valence-electron chi connectivity index (χ0n) is 6.75. The molecule has 2 rings (SSSR count). The van der Waals surface area contributed by atoms with Crippen LogP contribution in [-0.2, 0) is 0 Å². The largest absolute Gasteiger partial charge is 0.475 e. The van der Waals surface area contributed by atoms with Crippen LogP contribution in [0, 0.1) is 5.82 Å². The van der Waals surface area contributed by atoms with Crippen LogP contribution in [0.1, 0.15) is 10.6 Å². The molecule has 14 heavy (non-hydrogen) atoms. The van der Waals surface area contributed by atoms with E-state index in [9.17, 15) is 9.18 Å². The maximum atomic E-state index is 12.8. The molecule has 5 heteroatoms. The van der Waals surface area contributed by atoms with Crippen LogP contribution in [0.2, 0.25) is 5.02 Å². The molecule has 0 aliphatic heterocycles. The topological polar surface area (TPSA) is 50.4 Å². The first-order valence-corrected chi connectivity index (χ1v) is 4.07. The highest BCUT2D eigenvalue weighted by Crippen LogP contribution is 2.27. The summed E-state index contributed by atoms with van der Waals surface area (Å²) < 4.78 is 17.8. The predicted molar refractivity (Wildman–Crippen MR) is 48.1 cm³/mol. The molecule has 0 fully saturated rings. The Labute approximate surface area is 82.7 Å². The lowest BCUT2D eigenvalue weighted by Gasteiger charge is -1.91. The van der Waals surface area contributed by atoms with Crippen molar-refractivity contribution in [3.63, 3.8) is 0 Å². The van der Waals surface area contributed by atoms with E-state index in [1.165, 1.54) is 6.07 Å². The van der Waals surface area contributed by atoms with E-state index < -0.39 is 11.8 Å². The quantitative estimate of drug-likeness (QED) is 0.794. The lowest BCUT2D eigenvalue weighted by molar-refractivity contribution is 0.0665. The van der Waals surface area contributed by atoms with Gasteiger partial charge in [0.2, 0.25) is 5.76 Å². The van der Waals surface area contributed by atoms with Crippen molar-refractivity contribution in [2.24, 2.45) is 0 Å². The monoisotopic (exact) mass is 214 g/mol. The highest BCUT2D eigenvalue weighted by molar-refractivity contribution is 6.34. The molecule has 0 spiro atoms. The fourth-order valence-corrected chi connectivity index (χ4v) is 1.43. The van der Waals surface area contributed by atoms with Gasteiger partial charge < -0.3 is 9.52 Å². The molecular weight excluding hydrogens is 211 g/mol. The Bertz CT molecular complexity index is 518. The van der Waals surface area contributed by atoms with Gasteiger partial charge in [0.15, 0.2) is 5.58 Å². The molecule has 72 valence electrons. The SMILES string of the molecule is O=C(O)c1cc2cc(F)cc(Cl)c2o1. The highest BCUT2D eigenvalue weighted by atomic mass is 35.5. The standard InChI is InChI=1S/C9H4ClFO3/c10-6-3-5(11)1-4-2-7(9(12)13)14-8(4)6/h1-3H,(H,12,13). The third kappa shape index (κ3) is 1.33. The number of halogens is 2. The van der Waals surface area contributed by atoms with Crippen LogP contribution < -0.4 is 0 Å². The van der Waals surface area contributed by atoms with Gasteiger partial charge in [0.1, 0.15) is 5.82 Å². The zero-order chi connectivity index (χ0) is 10.3. The first-order valence-electron chi connectivity index (χ1n) is 3.70. The summed E-state index contributed by atoms with van der Waals surface area (Å²) in [5.74, 6) is -1.99. The molecule has 1 aromatic carbocycles. The van der Waals surface area contributed by atoms with E-state index in [-0.39, 0.29) is 16.4 Å². The van der Waals surface area contributed by atoms with Gasteiger partial charge in [-0.3, -0.25) is 0 Å². The van der Waals surface area contributed by atoms with Crippen molar-refractivity contribution in [2.45, 2.75) is 0 Å². The second-order valence-corrected chi connectivity index (χ2v) is 3.13. The lowest BCUT2D eigenvalue weighted by atomic mass is 10.2. The molecule has 1 N–H and O–H groups in total. The number of aromatic carboxylic acids is 1. The third-order valence-electron chi connectivity index (χ3n) is 1.75. The molecule has 1 heterocycles. The van der Waals surface area contributed by atoms with E-state index in [0.717, 1.165) is 12.1 Å². The molecule has 3 nitrogen and oxygen atoms in total. The second-order valence-electron chi connectivity index (χ2n) is 2.72. The number of furan rings is 1. The molecule has 2 aromatic rings. The number of carbonyl (C=O) groups is 1. The molecule has 0 bridgehead atoms. The third-order valence-corrected chi connectivity index (χ3v) is 2.03. The number of fused-ring (bicyclic) bond motifs is 1. The Balaban J connectivity index is 2.76. The number of carboxylic acids is 1. The van der Waals surface area contributed by atoms with Gasteiger partial charge in [-0.15, -0.1) is 0 Å². The summed E-state index contributed by atoms with van der Waals surface area (Å²) >= 11 is 5.65. The number of rotatable bonds is 1. The molecule has 0 radical (unpaired) electrons. The van der Waals surface area contributed by atoms with Gasteiger partial charge in [0.05, 0.1) is 5.02 Å². The van der Waals surface area contributed by atoms with Crippen molar-refractivity contribution in [1.82, 2.24) is 0 Å².